The van der Waals surface area contributed by atoms with Crippen LogP contribution in [-0.2, 0) is 14.3 Å². The Bertz CT molecular complexity index is 198. The van der Waals surface area contributed by atoms with Crippen molar-refractivity contribution in [2.24, 2.45) is 5.73 Å². The number of esters is 1. The molecule has 96 valence electrons. The first-order valence-electron chi connectivity index (χ1n) is 4.91. The number of hydrogen-bond acceptors (Lipinski definition) is 5. The number of amides is 1. The third kappa shape index (κ3) is 18.4. The molecule has 0 spiro atoms. The minimum atomic E-state index is -0.961. The van der Waals surface area contributed by atoms with Crippen molar-refractivity contribution in [2.75, 3.05) is 19.8 Å². The Hall–Kier alpha value is -1.34. The fourth-order valence-electron chi connectivity index (χ4n) is 0.613. The molecule has 7 nitrogen and oxygen atoms in total. The molecule has 0 bridgehead atoms. The van der Waals surface area contributed by atoms with Gasteiger partial charge in [-0.1, -0.05) is 0 Å². The lowest BCUT2D eigenvalue weighted by molar-refractivity contribution is -0.145. The van der Waals surface area contributed by atoms with Gasteiger partial charge in [-0.2, -0.15) is 0 Å². The molecule has 16 heavy (non-hydrogen) atoms. The van der Waals surface area contributed by atoms with E-state index in [0.29, 0.717) is 13.2 Å². The van der Waals surface area contributed by atoms with Gasteiger partial charge < -0.3 is 25.6 Å². The second-order valence-electron chi connectivity index (χ2n) is 2.63. The molecular formula is C9H20N2O5. The Labute approximate surface area is 94.9 Å². The Kier molecular flexibility index (Phi) is 12.5. The molecule has 0 aromatic rings. The van der Waals surface area contributed by atoms with Crippen molar-refractivity contribution >= 4 is 12.1 Å². The SMILES string of the molecule is CCNC(=O)O.CCOC(N)COC(C)=O. The third-order valence-corrected chi connectivity index (χ3v) is 1.16. The second-order valence-corrected chi connectivity index (χ2v) is 2.63. The lowest BCUT2D eigenvalue weighted by Gasteiger charge is -2.10. The number of carbonyl (C=O) groups is 2. The molecule has 0 rings (SSSR count). The van der Waals surface area contributed by atoms with Crippen molar-refractivity contribution in [1.82, 2.24) is 5.32 Å². The molecule has 7 heteroatoms. The van der Waals surface area contributed by atoms with E-state index < -0.39 is 12.3 Å². The molecule has 0 aromatic carbocycles. The summed E-state index contributed by atoms with van der Waals surface area (Å²) in [6, 6.07) is 0. The molecular weight excluding hydrogens is 216 g/mol. The van der Waals surface area contributed by atoms with Crippen LogP contribution in [0.25, 0.3) is 0 Å². The van der Waals surface area contributed by atoms with Crippen molar-refractivity contribution in [3.8, 4) is 0 Å². The molecule has 0 aliphatic carbocycles. The largest absolute Gasteiger partial charge is 0.465 e. The van der Waals surface area contributed by atoms with Crippen LogP contribution in [0.15, 0.2) is 0 Å². The summed E-state index contributed by atoms with van der Waals surface area (Å²) in [6.07, 6.45) is -1.45. The van der Waals surface area contributed by atoms with Gasteiger partial charge in [-0.25, -0.2) is 4.79 Å². The van der Waals surface area contributed by atoms with Crippen molar-refractivity contribution in [3.63, 3.8) is 0 Å². The van der Waals surface area contributed by atoms with E-state index in [1.165, 1.54) is 6.92 Å². The van der Waals surface area contributed by atoms with Crippen LogP contribution in [-0.4, -0.2) is 43.2 Å². The van der Waals surface area contributed by atoms with E-state index in [4.69, 9.17) is 15.6 Å². The monoisotopic (exact) mass is 236 g/mol. The zero-order valence-corrected chi connectivity index (χ0v) is 9.86. The molecule has 1 atom stereocenters. The van der Waals surface area contributed by atoms with E-state index in [0.717, 1.165) is 0 Å². The van der Waals surface area contributed by atoms with Gasteiger partial charge in [-0.05, 0) is 13.8 Å². The molecule has 4 N–H and O–H groups in total. The summed E-state index contributed by atoms with van der Waals surface area (Å²) in [5, 5.41) is 9.93. The Morgan fingerprint density at radius 1 is 1.44 bits per heavy atom. The molecule has 0 aromatic heterocycles. The molecule has 1 unspecified atom stereocenters. The zero-order chi connectivity index (χ0) is 13.0. The van der Waals surface area contributed by atoms with Crippen LogP contribution in [0.3, 0.4) is 0 Å². The van der Waals surface area contributed by atoms with Crippen LogP contribution in [0.5, 0.6) is 0 Å². The van der Waals surface area contributed by atoms with E-state index in [9.17, 15) is 9.59 Å². The molecule has 0 aliphatic heterocycles. The lowest BCUT2D eigenvalue weighted by atomic mass is 10.6. The van der Waals surface area contributed by atoms with Crippen LogP contribution in [0, 0.1) is 0 Å². The highest BCUT2D eigenvalue weighted by Crippen LogP contribution is 1.84. The summed E-state index contributed by atoms with van der Waals surface area (Å²) < 4.78 is 9.46. The number of nitrogens with two attached hydrogens (primary N) is 1. The minimum absolute atomic E-state index is 0.128. The first-order valence-corrected chi connectivity index (χ1v) is 4.91. The standard InChI is InChI=1S/C6H13NO3.C3H7NO2/c1-3-9-6(7)4-10-5(2)8;1-2-4-3(5)6/h6H,3-4,7H2,1-2H3;4H,2H2,1H3,(H,5,6). The lowest BCUT2D eigenvalue weighted by Crippen LogP contribution is -2.30. The Balaban J connectivity index is 0. The topological polar surface area (TPSA) is 111 Å². The first kappa shape index (κ1) is 17.1. The first-order chi connectivity index (χ1) is 7.43. The van der Waals surface area contributed by atoms with E-state index >= 15 is 0 Å². The fourth-order valence-corrected chi connectivity index (χ4v) is 0.613. The maximum atomic E-state index is 10.2. The number of carbonyl (C=O) groups excluding carboxylic acids is 1. The Morgan fingerprint density at radius 2 is 2.00 bits per heavy atom. The predicted molar refractivity (Wildman–Crippen MR) is 57.9 cm³/mol. The summed E-state index contributed by atoms with van der Waals surface area (Å²) in [7, 11) is 0. The smallest absolute Gasteiger partial charge is 0.404 e. The number of nitrogens with one attached hydrogen (secondary N) is 1. The molecule has 0 fully saturated rings. The van der Waals surface area contributed by atoms with Crippen LogP contribution in [0.4, 0.5) is 4.79 Å². The van der Waals surface area contributed by atoms with Gasteiger partial charge in [-0.3, -0.25) is 4.79 Å². The molecule has 0 radical (unpaired) electrons. The van der Waals surface area contributed by atoms with Crippen LogP contribution in [0.2, 0.25) is 0 Å². The van der Waals surface area contributed by atoms with E-state index in [-0.39, 0.29) is 12.6 Å². The second kappa shape index (κ2) is 11.7. The van der Waals surface area contributed by atoms with Crippen LogP contribution >= 0.6 is 0 Å². The Morgan fingerprint density at radius 3 is 2.25 bits per heavy atom. The van der Waals surface area contributed by atoms with Crippen LogP contribution in [0.1, 0.15) is 20.8 Å². The highest BCUT2D eigenvalue weighted by atomic mass is 16.6. The molecule has 0 saturated carbocycles. The van der Waals surface area contributed by atoms with Crippen molar-refractivity contribution in [1.29, 1.82) is 0 Å². The van der Waals surface area contributed by atoms with Gasteiger partial charge in [0, 0.05) is 20.1 Å². The summed E-state index contributed by atoms with van der Waals surface area (Å²) in [5.41, 5.74) is 5.33. The number of ether oxygens (including phenoxy) is 2. The van der Waals surface area contributed by atoms with Crippen LogP contribution < -0.4 is 11.1 Å². The summed E-state index contributed by atoms with van der Waals surface area (Å²) >= 11 is 0. The van der Waals surface area contributed by atoms with Gasteiger partial charge in [0.2, 0.25) is 0 Å². The van der Waals surface area contributed by atoms with E-state index in [1.807, 2.05) is 6.92 Å². The molecule has 0 heterocycles. The van der Waals surface area contributed by atoms with Gasteiger partial charge in [0.25, 0.3) is 0 Å². The van der Waals surface area contributed by atoms with E-state index in [2.05, 4.69) is 10.1 Å². The third-order valence-electron chi connectivity index (χ3n) is 1.16. The number of carboxylic acid groups (broad SMARTS) is 1. The number of hydrogen-bond donors (Lipinski definition) is 3. The van der Waals surface area contributed by atoms with Gasteiger partial charge >= 0.3 is 12.1 Å². The quantitative estimate of drug-likeness (QED) is 0.462. The average molecular weight is 236 g/mol. The summed E-state index contributed by atoms with van der Waals surface area (Å²) in [6.45, 7) is 6.03. The summed E-state index contributed by atoms with van der Waals surface area (Å²) in [4.78, 5) is 19.7. The molecule has 0 aliphatic rings. The van der Waals surface area contributed by atoms with Gasteiger partial charge in [0.05, 0.1) is 0 Å². The maximum absolute atomic E-state index is 10.2. The predicted octanol–water partition coefficient (Wildman–Crippen LogP) is 0.145. The average Bonchev–Trinajstić information content (AvgIpc) is 2.16. The fraction of sp³-hybridized carbons (Fsp3) is 0.778. The normalized spacial score (nSPS) is 10.8. The van der Waals surface area contributed by atoms with Crippen molar-refractivity contribution in [3.05, 3.63) is 0 Å². The highest BCUT2D eigenvalue weighted by molar-refractivity contribution is 5.65. The van der Waals surface area contributed by atoms with Crippen molar-refractivity contribution < 1.29 is 24.2 Å². The van der Waals surface area contributed by atoms with E-state index in [1.54, 1.807) is 6.92 Å². The van der Waals surface area contributed by atoms with Gasteiger partial charge in [0.15, 0.2) is 0 Å². The van der Waals surface area contributed by atoms with Gasteiger partial charge in [0.1, 0.15) is 12.8 Å². The van der Waals surface area contributed by atoms with Gasteiger partial charge in [-0.15, -0.1) is 0 Å². The zero-order valence-electron chi connectivity index (χ0n) is 9.86. The minimum Gasteiger partial charge on any atom is -0.465 e. The molecule has 1 amide bonds. The highest BCUT2D eigenvalue weighted by Gasteiger charge is 2.01. The molecule has 0 saturated heterocycles. The number of rotatable bonds is 5. The van der Waals surface area contributed by atoms with Crippen molar-refractivity contribution in [2.45, 2.75) is 27.0 Å². The summed E-state index contributed by atoms with van der Waals surface area (Å²) in [5.74, 6) is -0.338. The maximum Gasteiger partial charge on any atom is 0.404 e.